The molecule has 8 heteroatoms. The van der Waals surface area contributed by atoms with Gasteiger partial charge in [0.1, 0.15) is 18.2 Å². The van der Waals surface area contributed by atoms with Crippen LogP contribution < -0.4 is 19.5 Å². The van der Waals surface area contributed by atoms with Crippen LogP contribution in [0.4, 0.5) is 4.39 Å². The fourth-order valence-corrected chi connectivity index (χ4v) is 2.30. The third-order valence-electron chi connectivity index (χ3n) is 3.53. The van der Waals surface area contributed by atoms with E-state index in [1.165, 1.54) is 36.4 Å². The monoisotopic (exact) mass is 391 g/mol. The summed E-state index contributed by atoms with van der Waals surface area (Å²) in [6.07, 6.45) is 0. The first-order valence-electron chi connectivity index (χ1n) is 8.69. The van der Waals surface area contributed by atoms with E-state index >= 15 is 0 Å². The van der Waals surface area contributed by atoms with Crippen LogP contribution in [0.2, 0.25) is 0 Å². The van der Waals surface area contributed by atoms with E-state index in [4.69, 9.17) is 19.3 Å². The molecule has 0 aliphatic heterocycles. The Balaban J connectivity index is 1.98. The molecule has 0 aliphatic rings. The zero-order valence-corrected chi connectivity index (χ0v) is 15.6. The molecule has 2 aromatic rings. The topological polar surface area (TPSA) is 94.1 Å². The van der Waals surface area contributed by atoms with Gasteiger partial charge in [0.2, 0.25) is 0 Å². The van der Waals surface area contributed by atoms with Gasteiger partial charge < -0.3 is 24.6 Å². The standard InChI is InChI=1S/C20H22FNO6/c1-3-26-18-9-14(7-8-17(18)28-12-19(23)24)20(25)22-13(2)11-27-16-6-4-5-15(21)10-16/h4-10,13H,3,11-12H2,1-2H3,(H,22,25)(H,23,24). The van der Waals surface area contributed by atoms with E-state index in [-0.39, 0.29) is 30.1 Å². The Morgan fingerprint density at radius 2 is 1.89 bits per heavy atom. The molecule has 2 aromatic carbocycles. The van der Waals surface area contributed by atoms with Crippen molar-refractivity contribution in [3.8, 4) is 17.2 Å². The zero-order valence-electron chi connectivity index (χ0n) is 15.6. The van der Waals surface area contributed by atoms with Crippen LogP contribution in [0.1, 0.15) is 24.2 Å². The van der Waals surface area contributed by atoms with Gasteiger partial charge in [-0.05, 0) is 44.2 Å². The first-order chi connectivity index (χ1) is 13.4. The first kappa shape index (κ1) is 21.0. The molecule has 2 N–H and O–H groups in total. The molecule has 0 aliphatic carbocycles. The van der Waals surface area contributed by atoms with Gasteiger partial charge in [-0.15, -0.1) is 0 Å². The Bertz CT molecular complexity index is 826. The minimum absolute atomic E-state index is 0.160. The number of benzene rings is 2. The van der Waals surface area contributed by atoms with Gasteiger partial charge in [0.05, 0.1) is 12.6 Å². The van der Waals surface area contributed by atoms with Gasteiger partial charge in [0.15, 0.2) is 18.1 Å². The van der Waals surface area contributed by atoms with Gasteiger partial charge in [-0.25, -0.2) is 9.18 Å². The predicted molar refractivity (Wildman–Crippen MR) is 99.6 cm³/mol. The number of carboxylic acids is 1. The van der Waals surface area contributed by atoms with E-state index in [0.29, 0.717) is 17.9 Å². The molecular formula is C20H22FNO6. The molecule has 0 fully saturated rings. The normalized spacial score (nSPS) is 11.4. The molecular weight excluding hydrogens is 369 g/mol. The number of carbonyl (C=O) groups excluding carboxylic acids is 1. The summed E-state index contributed by atoms with van der Waals surface area (Å²) in [6.45, 7) is 3.49. The summed E-state index contributed by atoms with van der Waals surface area (Å²) in [6, 6.07) is 9.88. The number of rotatable bonds is 10. The third-order valence-corrected chi connectivity index (χ3v) is 3.53. The maximum atomic E-state index is 13.2. The Morgan fingerprint density at radius 1 is 1.11 bits per heavy atom. The maximum Gasteiger partial charge on any atom is 0.341 e. The van der Waals surface area contributed by atoms with Gasteiger partial charge in [-0.2, -0.15) is 0 Å². The summed E-state index contributed by atoms with van der Waals surface area (Å²) < 4.78 is 29.2. The van der Waals surface area contributed by atoms with E-state index in [1.807, 2.05) is 0 Å². The fraction of sp³-hybridized carbons (Fsp3) is 0.300. The van der Waals surface area contributed by atoms with Crippen LogP contribution in [0, 0.1) is 5.82 Å². The second kappa shape index (κ2) is 10.1. The van der Waals surface area contributed by atoms with Crippen molar-refractivity contribution < 1.29 is 33.3 Å². The van der Waals surface area contributed by atoms with Crippen molar-refractivity contribution in [2.45, 2.75) is 19.9 Å². The summed E-state index contributed by atoms with van der Waals surface area (Å²) >= 11 is 0. The molecule has 0 saturated carbocycles. The zero-order chi connectivity index (χ0) is 20.5. The van der Waals surface area contributed by atoms with Crippen LogP contribution in [0.3, 0.4) is 0 Å². The van der Waals surface area contributed by atoms with Crippen molar-refractivity contribution in [1.82, 2.24) is 5.32 Å². The summed E-state index contributed by atoms with van der Waals surface area (Å²) in [5.41, 5.74) is 0.323. The molecule has 150 valence electrons. The van der Waals surface area contributed by atoms with E-state index in [9.17, 15) is 14.0 Å². The largest absolute Gasteiger partial charge is 0.491 e. The molecule has 0 aromatic heterocycles. The van der Waals surface area contributed by atoms with Crippen LogP contribution in [0.5, 0.6) is 17.2 Å². The van der Waals surface area contributed by atoms with Crippen molar-refractivity contribution in [2.75, 3.05) is 19.8 Å². The minimum atomic E-state index is -1.11. The van der Waals surface area contributed by atoms with Gasteiger partial charge in [-0.3, -0.25) is 4.79 Å². The molecule has 1 amide bonds. The summed E-state index contributed by atoms with van der Waals surface area (Å²) in [5, 5.41) is 11.5. The van der Waals surface area contributed by atoms with Crippen molar-refractivity contribution >= 4 is 11.9 Å². The minimum Gasteiger partial charge on any atom is -0.491 e. The Hall–Kier alpha value is -3.29. The van der Waals surface area contributed by atoms with Gasteiger partial charge in [0, 0.05) is 11.6 Å². The third kappa shape index (κ3) is 6.46. The highest BCUT2D eigenvalue weighted by atomic mass is 19.1. The molecule has 1 atom stereocenters. The van der Waals surface area contributed by atoms with Crippen LogP contribution in [0.25, 0.3) is 0 Å². The van der Waals surface area contributed by atoms with Gasteiger partial charge in [0.25, 0.3) is 5.91 Å². The summed E-state index contributed by atoms with van der Waals surface area (Å²) in [7, 11) is 0. The molecule has 0 saturated heterocycles. The number of amides is 1. The van der Waals surface area contributed by atoms with Crippen molar-refractivity contribution in [1.29, 1.82) is 0 Å². The predicted octanol–water partition coefficient (Wildman–Crippen LogP) is 2.89. The Morgan fingerprint density at radius 3 is 2.57 bits per heavy atom. The van der Waals surface area contributed by atoms with Gasteiger partial charge in [-0.1, -0.05) is 6.07 Å². The van der Waals surface area contributed by atoms with E-state index in [1.54, 1.807) is 19.9 Å². The number of hydrogen-bond acceptors (Lipinski definition) is 5. The molecule has 0 heterocycles. The average molecular weight is 391 g/mol. The number of carbonyl (C=O) groups is 2. The molecule has 0 spiro atoms. The number of aliphatic carboxylic acids is 1. The number of carboxylic acid groups (broad SMARTS) is 1. The lowest BCUT2D eigenvalue weighted by Gasteiger charge is -2.16. The number of halogens is 1. The molecule has 0 radical (unpaired) electrons. The van der Waals surface area contributed by atoms with Crippen LogP contribution in [-0.4, -0.2) is 42.8 Å². The average Bonchev–Trinajstić information content (AvgIpc) is 2.65. The van der Waals surface area contributed by atoms with Crippen molar-refractivity contribution in [3.05, 3.63) is 53.8 Å². The van der Waals surface area contributed by atoms with Crippen LogP contribution >= 0.6 is 0 Å². The first-order valence-corrected chi connectivity index (χ1v) is 8.69. The van der Waals surface area contributed by atoms with Crippen LogP contribution in [0.15, 0.2) is 42.5 Å². The lowest BCUT2D eigenvalue weighted by molar-refractivity contribution is -0.139. The maximum absolute atomic E-state index is 13.2. The molecule has 0 bridgehead atoms. The van der Waals surface area contributed by atoms with E-state index in [2.05, 4.69) is 5.32 Å². The molecule has 2 rings (SSSR count). The van der Waals surface area contributed by atoms with Gasteiger partial charge >= 0.3 is 5.97 Å². The summed E-state index contributed by atoms with van der Waals surface area (Å²) in [5.74, 6) is -0.983. The highest BCUT2D eigenvalue weighted by Crippen LogP contribution is 2.28. The van der Waals surface area contributed by atoms with Crippen molar-refractivity contribution in [2.24, 2.45) is 0 Å². The van der Waals surface area contributed by atoms with E-state index < -0.39 is 18.4 Å². The SMILES string of the molecule is CCOc1cc(C(=O)NC(C)COc2cccc(F)c2)ccc1OCC(=O)O. The number of ether oxygens (including phenoxy) is 3. The van der Waals surface area contributed by atoms with Crippen molar-refractivity contribution in [3.63, 3.8) is 0 Å². The molecule has 1 unspecified atom stereocenters. The Kier molecular flexibility index (Phi) is 7.62. The number of nitrogens with one attached hydrogen (secondary N) is 1. The quantitative estimate of drug-likeness (QED) is 0.647. The smallest absolute Gasteiger partial charge is 0.341 e. The highest BCUT2D eigenvalue weighted by Gasteiger charge is 2.15. The second-order valence-electron chi connectivity index (χ2n) is 5.92. The van der Waals surface area contributed by atoms with E-state index in [0.717, 1.165) is 0 Å². The second-order valence-corrected chi connectivity index (χ2v) is 5.92. The molecule has 28 heavy (non-hydrogen) atoms. The lowest BCUT2D eigenvalue weighted by Crippen LogP contribution is -2.36. The molecule has 7 nitrogen and oxygen atoms in total. The number of hydrogen-bond donors (Lipinski definition) is 2. The lowest BCUT2D eigenvalue weighted by atomic mass is 10.1. The highest BCUT2D eigenvalue weighted by molar-refractivity contribution is 5.95. The summed E-state index contributed by atoms with van der Waals surface area (Å²) in [4.78, 5) is 23.1. The fourth-order valence-electron chi connectivity index (χ4n) is 2.30. The van der Waals surface area contributed by atoms with Crippen LogP contribution in [-0.2, 0) is 4.79 Å². The Labute approximate surface area is 162 Å².